The highest BCUT2D eigenvalue weighted by molar-refractivity contribution is 5.90. The van der Waals surface area contributed by atoms with Crippen molar-refractivity contribution < 1.29 is 14.3 Å². The molecule has 0 saturated carbocycles. The van der Waals surface area contributed by atoms with Crippen LogP contribution in [-0.2, 0) is 9.53 Å². The highest BCUT2D eigenvalue weighted by Crippen LogP contribution is 2.11. The molecule has 1 amide bonds. The fourth-order valence-electron chi connectivity index (χ4n) is 1.70. The van der Waals surface area contributed by atoms with Gasteiger partial charge in [0.2, 0.25) is 0 Å². The molecule has 0 unspecified atom stereocenters. The van der Waals surface area contributed by atoms with Crippen LogP contribution in [0.3, 0.4) is 0 Å². The van der Waals surface area contributed by atoms with E-state index in [1.165, 1.54) is 6.08 Å². The van der Waals surface area contributed by atoms with Crippen molar-refractivity contribution in [3.05, 3.63) is 12.7 Å². The van der Waals surface area contributed by atoms with Crippen molar-refractivity contribution >= 4 is 11.9 Å². The molecule has 0 aromatic carbocycles. The lowest BCUT2D eigenvalue weighted by Gasteiger charge is -2.35. The van der Waals surface area contributed by atoms with Gasteiger partial charge in [-0.05, 0) is 26.8 Å². The second-order valence-corrected chi connectivity index (χ2v) is 5.41. The highest BCUT2D eigenvalue weighted by Gasteiger charge is 2.26. The molecular weight excluding hydrogens is 232 g/mol. The predicted molar refractivity (Wildman–Crippen MR) is 69.5 cm³/mol. The van der Waals surface area contributed by atoms with Crippen molar-refractivity contribution in [1.82, 2.24) is 9.80 Å². The Hall–Kier alpha value is -1.36. The summed E-state index contributed by atoms with van der Waals surface area (Å²) in [6.07, 6.45) is 1.05. The summed E-state index contributed by atoms with van der Waals surface area (Å²) < 4.78 is 5.30. The van der Waals surface area contributed by atoms with Crippen molar-refractivity contribution in [2.75, 3.05) is 32.7 Å². The number of amides is 1. The summed E-state index contributed by atoms with van der Waals surface area (Å²) in [5.41, 5.74) is -0.465. The SMILES string of the molecule is C=CC(=O)CN1CCN(C(=O)OC(C)(C)C)CC1. The number of ketones is 1. The van der Waals surface area contributed by atoms with E-state index < -0.39 is 5.60 Å². The van der Waals surface area contributed by atoms with E-state index in [0.717, 1.165) is 0 Å². The Morgan fingerprint density at radius 1 is 1.22 bits per heavy atom. The number of hydrogen-bond acceptors (Lipinski definition) is 4. The fraction of sp³-hybridized carbons (Fsp3) is 0.692. The molecule has 0 radical (unpaired) electrons. The monoisotopic (exact) mass is 254 g/mol. The predicted octanol–water partition coefficient (Wildman–Crippen LogP) is 1.29. The van der Waals surface area contributed by atoms with Crippen molar-refractivity contribution in [1.29, 1.82) is 0 Å². The van der Waals surface area contributed by atoms with Gasteiger partial charge in [0.05, 0.1) is 6.54 Å². The van der Waals surface area contributed by atoms with Crippen LogP contribution in [0.4, 0.5) is 4.79 Å². The van der Waals surface area contributed by atoms with Crippen LogP contribution in [0.25, 0.3) is 0 Å². The minimum Gasteiger partial charge on any atom is -0.444 e. The van der Waals surface area contributed by atoms with Gasteiger partial charge in [0.25, 0.3) is 0 Å². The number of rotatable bonds is 3. The second kappa shape index (κ2) is 6.00. The van der Waals surface area contributed by atoms with Crippen LogP contribution in [0.2, 0.25) is 0 Å². The van der Waals surface area contributed by atoms with Crippen LogP contribution in [0, 0.1) is 0 Å². The summed E-state index contributed by atoms with van der Waals surface area (Å²) in [6.45, 7) is 12.0. The van der Waals surface area contributed by atoms with Gasteiger partial charge in [0.1, 0.15) is 5.60 Å². The molecule has 5 heteroatoms. The minimum atomic E-state index is -0.465. The minimum absolute atomic E-state index is 0.0146. The normalized spacial score (nSPS) is 17.4. The molecule has 1 heterocycles. The first kappa shape index (κ1) is 14.7. The average Bonchev–Trinajstić information content (AvgIpc) is 2.27. The molecule has 1 aliphatic rings. The number of nitrogens with zero attached hydrogens (tertiary/aromatic N) is 2. The molecular formula is C13H22N2O3. The van der Waals surface area contributed by atoms with Gasteiger partial charge in [-0.3, -0.25) is 9.69 Å². The van der Waals surface area contributed by atoms with Gasteiger partial charge in [-0.15, -0.1) is 0 Å². The summed E-state index contributed by atoms with van der Waals surface area (Å²) in [4.78, 5) is 26.7. The van der Waals surface area contributed by atoms with Gasteiger partial charge in [0, 0.05) is 26.2 Å². The van der Waals surface area contributed by atoms with E-state index in [-0.39, 0.29) is 11.9 Å². The fourth-order valence-corrected chi connectivity index (χ4v) is 1.70. The summed E-state index contributed by atoms with van der Waals surface area (Å²) >= 11 is 0. The van der Waals surface area contributed by atoms with E-state index in [0.29, 0.717) is 32.7 Å². The van der Waals surface area contributed by atoms with E-state index in [1.807, 2.05) is 25.7 Å². The first-order valence-corrected chi connectivity index (χ1v) is 6.17. The molecule has 0 atom stereocenters. The highest BCUT2D eigenvalue weighted by atomic mass is 16.6. The Morgan fingerprint density at radius 2 is 1.78 bits per heavy atom. The van der Waals surface area contributed by atoms with Crippen LogP contribution in [0.5, 0.6) is 0 Å². The molecule has 1 rings (SSSR count). The first-order valence-electron chi connectivity index (χ1n) is 6.17. The van der Waals surface area contributed by atoms with Gasteiger partial charge in [-0.25, -0.2) is 4.79 Å². The van der Waals surface area contributed by atoms with Gasteiger partial charge >= 0.3 is 6.09 Å². The zero-order valence-electron chi connectivity index (χ0n) is 11.4. The number of piperazine rings is 1. The van der Waals surface area contributed by atoms with Gasteiger partial charge < -0.3 is 9.64 Å². The van der Waals surface area contributed by atoms with Crippen LogP contribution >= 0.6 is 0 Å². The van der Waals surface area contributed by atoms with Gasteiger partial charge in [0.15, 0.2) is 5.78 Å². The lowest BCUT2D eigenvalue weighted by Crippen LogP contribution is -2.50. The summed E-state index contributed by atoms with van der Waals surface area (Å²) in [5, 5.41) is 0. The van der Waals surface area contributed by atoms with E-state index in [9.17, 15) is 9.59 Å². The molecule has 0 bridgehead atoms. The molecule has 5 nitrogen and oxygen atoms in total. The van der Waals surface area contributed by atoms with Crippen molar-refractivity contribution in [2.45, 2.75) is 26.4 Å². The Bertz CT molecular complexity index is 326. The Labute approximate surface area is 108 Å². The van der Waals surface area contributed by atoms with Gasteiger partial charge in [-0.2, -0.15) is 0 Å². The standard InChI is InChI=1S/C13H22N2O3/c1-5-11(16)10-14-6-8-15(9-7-14)12(17)18-13(2,3)4/h5H,1,6-10H2,2-4H3. The van der Waals surface area contributed by atoms with Crippen LogP contribution in [0.15, 0.2) is 12.7 Å². The molecule has 0 aromatic rings. The number of carbonyl (C=O) groups excluding carboxylic acids is 2. The quantitative estimate of drug-likeness (QED) is 0.712. The second-order valence-electron chi connectivity index (χ2n) is 5.41. The lowest BCUT2D eigenvalue weighted by atomic mass is 10.2. The van der Waals surface area contributed by atoms with Crippen molar-refractivity contribution in [3.63, 3.8) is 0 Å². The Kier molecular flexibility index (Phi) is 4.90. The Morgan fingerprint density at radius 3 is 2.22 bits per heavy atom. The topological polar surface area (TPSA) is 49.9 Å². The molecule has 0 N–H and O–H groups in total. The van der Waals surface area contributed by atoms with E-state index >= 15 is 0 Å². The van der Waals surface area contributed by atoms with E-state index in [2.05, 4.69) is 6.58 Å². The number of hydrogen-bond donors (Lipinski definition) is 0. The van der Waals surface area contributed by atoms with E-state index in [4.69, 9.17) is 4.74 Å². The zero-order valence-corrected chi connectivity index (χ0v) is 11.4. The first-order chi connectivity index (χ1) is 8.31. The molecule has 18 heavy (non-hydrogen) atoms. The van der Waals surface area contributed by atoms with Crippen LogP contribution in [-0.4, -0.2) is 60.0 Å². The zero-order chi connectivity index (χ0) is 13.8. The number of ether oxygens (including phenoxy) is 1. The third kappa shape index (κ3) is 4.87. The summed E-state index contributed by atoms with van der Waals surface area (Å²) in [6, 6.07) is 0. The third-order valence-electron chi connectivity index (χ3n) is 2.63. The largest absolute Gasteiger partial charge is 0.444 e. The van der Waals surface area contributed by atoms with Crippen molar-refractivity contribution in [2.24, 2.45) is 0 Å². The maximum absolute atomic E-state index is 11.8. The molecule has 1 saturated heterocycles. The van der Waals surface area contributed by atoms with Crippen molar-refractivity contribution in [3.8, 4) is 0 Å². The van der Waals surface area contributed by atoms with E-state index in [1.54, 1.807) is 4.90 Å². The smallest absolute Gasteiger partial charge is 0.410 e. The average molecular weight is 254 g/mol. The summed E-state index contributed by atoms with van der Waals surface area (Å²) in [7, 11) is 0. The molecule has 1 fully saturated rings. The molecule has 1 aliphatic heterocycles. The molecule has 102 valence electrons. The third-order valence-corrected chi connectivity index (χ3v) is 2.63. The molecule has 0 aromatic heterocycles. The maximum atomic E-state index is 11.8. The Balaban J connectivity index is 2.37. The maximum Gasteiger partial charge on any atom is 0.410 e. The van der Waals surface area contributed by atoms with Crippen LogP contribution in [0.1, 0.15) is 20.8 Å². The number of carbonyl (C=O) groups is 2. The van der Waals surface area contributed by atoms with Gasteiger partial charge in [-0.1, -0.05) is 6.58 Å². The molecule has 0 aliphatic carbocycles. The molecule has 0 spiro atoms. The lowest BCUT2D eigenvalue weighted by molar-refractivity contribution is -0.116. The van der Waals surface area contributed by atoms with Crippen LogP contribution < -0.4 is 0 Å². The summed E-state index contributed by atoms with van der Waals surface area (Å²) in [5.74, 6) is 0.0146.